The van der Waals surface area contributed by atoms with Gasteiger partial charge in [-0.1, -0.05) is 0 Å². The average molecular weight is 286 g/mol. The third-order valence-electron chi connectivity index (χ3n) is 3.96. The molecule has 21 heavy (non-hydrogen) atoms. The maximum absolute atomic E-state index is 11.2. The number of rotatable bonds is 5. The Hall–Kier alpha value is -2.37. The molecule has 1 heterocycles. The predicted octanol–water partition coefficient (Wildman–Crippen LogP) is 3.36. The number of aromatic nitrogens is 2. The van der Waals surface area contributed by atoms with E-state index in [1.54, 1.807) is 6.07 Å². The number of nitro benzene ring substituents is 1. The number of anilines is 1. The summed E-state index contributed by atoms with van der Waals surface area (Å²) in [4.78, 5) is 15.0. The van der Waals surface area contributed by atoms with Gasteiger partial charge in [-0.25, -0.2) is 4.98 Å². The fraction of sp³-hybridized carbons (Fsp3) is 0.400. The topological polar surface area (TPSA) is 73.0 Å². The number of imidazole rings is 1. The maximum atomic E-state index is 11.2. The molecular formula is C15H18N4O2. The van der Waals surface area contributed by atoms with E-state index in [9.17, 15) is 10.1 Å². The molecule has 1 saturated carbocycles. The smallest absolute Gasteiger partial charge is 0.292 e. The number of nitrogens with zero attached hydrogens (tertiary/aromatic N) is 3. The molecule has 1 aromatic heterocycles. The van der Waals surface area contributed by atoms with Gasteiger partial charge in [0.2, 0.25) is 0 Å². The van der Waals surface area contributed by atoms with Crippen molar-refractivity contribution in [2.24, 2.45) is 0 Å². The van der Waals surface area contributed by atoms with E-state index >= 15 is 0 Å². The molecule has 0 spiro atoms. The number of hydrogen-bond acceptors (Lipinski definition) is 4. The molecule has 0 unspecified atom stereocenters. The molecule has 1 fully saturated rings. The van der Waals surface area contributed by atoms with Crippen molar-refractivity contribution in [2.45, 2.75) is 39.3 Å². The van der Waals surface area contributed by atoms with Crippen LogP contribution < -0.4 is 5.32 Å². The summed E-state index contributed by atoms with van der Waals surface area (Å²) >= 11 is 0. The largest absolute Gasteiger partial charge is 0.374 e. The van der Waals surface area contributed by atoms with Crippen LogP contribution in [-0.4, -0.2) is 14.5 Å². The lowest BCUT2D eigenvalue weighted by Gasteiger charge is -2.11. The molecule has 6 nitrogen and oxygen atoms in total. The fourth-order valence-corrected chi connectivity index (χ4v) is 2.43. The number of hydrogen-bond donors (Lipinski definition) is 1. The highest BCUT2D eigenvalue weighted by Crippen LogP contribution is 2.36. The first kappa shape index (κ1) is 13.6. The second-order valence-electron chi connectivity index (χ2n) is 5.59. The lowest BCUT2D eigenvalue weighted by Crippen LogP contribution is -2.08. The molecule has 0 aliphatic heterocycles. The van der Waals surface area contributed by atoms with Gasteiger partial charge in [-0.2, -0.15) is 0 Å². The second kappa shape index (κ2) is 5.20. The summed E-state index contributed by atoms with van der Waals surface area (Å²) in [6.45, 7) is 4.38. The SMILES string of the molecule is Cc1cc(NCc2cncn2C2CC2)c([N+](=O)[O-])cc1C. The van der Waals surface area contributed by atoms with Crippen LogP contribution in [-0.2, 0) is 6.54 Å². The standard InChI is InChI=1S/C15H18N4O2/c1-10-5-14(15(19(20)21)6-11(10)2)17-8-13-7-16-9-18(13)12-3-4-12/h5-7,9,12,17H,3-4,8H2,1-2H3. The molecule has 2 aromatic rings. The van der Waals surface area contributed by atoms with Crippen LogP contribution in [0.15, 0.2) is 24.7 Å². The van der Waals surface area contributed by atoms with Gasteiger partial charge < -0.3 is 9.88 Å². The van der Waals surface area contributed by atoms with Crippen LogP contribution in [0, 0.1) is 24.0 Å². The third-order valence-corrected chi connectivity index (χ3v) is 3.96. The number of aryl methyl sites for hydroxylation is 2. The molecule has 6 heteroatoms. The van der Waals surface area contributed by atoms with Crippen molar-refractivity contribution in [2.75, 3.05) is 5.32 Å². The molecule has 0 saturated heterocycles. The van der Waals surface area contributed by atoms with E-state index in [0.29, 0.717) is 18.3 Å². The molecular weight excluding hydrogens is 268 g/mol. The van der Waals surface area contributed by atoms with Crippen LogP contribution in [0.25, 0.3) is 0 Å². The van der Waals surface area contributed by atoms with Crippen LogP contribution in [0.5, 0.6) is 0 Å². The summed E-state index contributed by atoms with van der Waals surface area (Å²) in [6, 6.07) is 4.01. The number of nitro groups is 1. The van der Waals surface area contributed by atoms with Crippen molar-refractivity contribution in [1.29, 1.82) is 0 Å². The summed E-state index contributed by atoms with van der Waals surface area (Å²) in [5.41, 5.74) is 3.71. The normalized spacial score (nSPS) is 14.2. The molecule has 1 N–H and O–H groups in total. The van der Waals surface area contributed by atoms with Crippen molar-refractivity contribution in [3.8, 4) is 0 Å². The Labute approximate surface area is 123 Å². The number of benzene rings is 1. The minimum atomic E-state index is -0.340. The van der Waals surface area contributed by atoms with Crippen LogP contribution in [0.1, 0.15) is 35.7 Å². The van der Waals surface area contributed by atoms with Crippen LogP contribution in [0.4, 0.5) is 11.4 Å². The van der Waals surface area contributed by atoms with Gasteiger partial charge in [0, 0.05) is 18.3 Å². The number of nitrogens with one attached hydrogen (secondary N) is 1. The molecule has 3 rings (SSSR count). The van der Waals surface area contributed by atoms with E-state index < -0.39 is 0 Å². The van der Waals surface area contributed by atoms with Crippen molar-refractivity contribution in [1.82, 2.24) is 9.55 Å². The van der Waals surface area contributed by atoms with E-state index in [4.69, 9.17) is 0 Å². The minimum Gasteiger partial charge on any atom is -0.374 e. The van der Waals surface area contributed by atoms with Gasteiger partial charge >= 0.3 is 0 Å². The van der Waals surface area contributed by atoms with E-state index in [-0.39, 0.29) is 10.6 Å². The summed E-state index contributed by atoms with van der Waals surface area (Å²) in [7, 11) is 0. The van der Waals surface area contributed by atoms with Crippen LogP contribution in [0.2, 0.25) is 0 Å². The van der Waals surface area contributed by atoms with Gasteiger partial charge in [0.25, 0.3) is 5.69 Å². The summed E-state index contributed by atoms with van der Waals surface area (Å²) in [5.74, 6) is 0. The van der Waals surface area contributed by atoms with Crippen molar-refractivity contribution < 1.29 is 4.92 Å². The summed E-state index contributed by atoms with van der Waals surface area (Å²) < 4.78 is 2.15. The van der Waals surface area contributed by atoms with Gasteiger partial charge in [0.15, 0.2) is 0 Å². The molecule has 110 valence electrons. The monoisotopic (exact) mass is 286 g/mol. The first-order valence-electron chi connectivity index (χ1n) is 7.06. The minimum absolute atomic E-state index is 0.121. The zero-order valence-corrected chi connectivity index (χ0v) is 12.2. The maximum Gasteiger partial charge on any atom is 0.292 e. The van der Waals surface area contributed by atoms with E-state index in [0.717, 1.165) is 16.8 Å². The third kappa shape index (κ3) is 2.74. The zero-order valence-electron chi connectivity index (χ0n) is 12.2. The first-order chi connectivity index (χ1) is 10.1. The second-order valence-corrected chi connectivity index (χ2v) is 5.59. The van der Waals surface area contributed by atoms with Gasteiger partial charge in [0.1, 0.15) is 5.69 Å². The Kier molecular flexibility index (Phi) is 3.37. The molecule has 0 radical (unpaired) electrons. The van der Waals surface area contributed by atoms with Crippen molar-refractivity contribution in [3.63, 3.8) is 0 Å². The predicted molar refractivity (Wildman–Crippen MR) is 80.4 cm³/mol. The highest BCUT2D eigenvalue weighted by molar-refractivity contribution is 5.64. The quantitative estimate of drug-likeness (QED) is 0.675. The molecule has 0 atom stereocenters. The van der Waals surface area contributed by atoms with Gasteiger partial charge in [-0.05, 0) is 43.9 Å². The van der Waals surface area contributed by atoms with Gasteiger partial charge in [-0.3, -0.25) is 10.1 Å². The zero-order chi connectivity index (χ0) is 15.0. The summed E-state index contributed by atoms with van der Waals surface area (Å²) in [6.07, 6.45) is 6.03. The lowest BCUT2D eigenvalue weighted by atomic mass is 10.1. The Bertz CT molecular complexity index is 689. The van der Waals surface area contributed by atoms with E-state index in [2.05, 4.69) is 14.9 Å². The Morgan fingerprint density at radius 2 is 2.10 bits per heavy atom. The van der Waals surface area contributed by atoms with Gasteiger partial charge in [0.05, 0.1) is 23.5 Å². The van der Waals surface area contributed by atoms with Gasteiger partial charge in [-0.15, -0.1) is 0 Å². The van der Waals surface area contributed by atoms with Crippen LogP contribution in [0.3, 0.4) is 0 Å². The first-order valence-corrected chi connectivity index (χ1v) is 7.06. The highest BCUT2D eigenvalue weighted by atomic mass is 16.6. The molecule has 1 aliphatic carbocycles. The summed E-state index contributed by atoms with van der Waals surface area (Å²) in [5, 5.41) is 14.4. The lowest BCUT2D eigenvalue weighted by molar-refractivity contribution is -0.384. The van der Waals surface area contributed by atoms with Crippen molar-refractivity contribution >= 4 is 11.4 Å². The van der Waals surface area contributed by atoms with E-state index in [1.165, 1.54) is 12.8 Å². The Morgan fingerprint density at radius 1 is 1.38 bits per heavy atom. The molecule has 0 bridgehead atoms. The molecule has 1 aliphatic rings. The average Bonchev–Trinajstić information content (AvgIpc) is 3.18. The molecule has 0 amide bonds. The Balaban J connectivity index is 1.82. The van der Waals surface area contributed by atoms with E-state index in [1.807, 2.05) is 32.4 Å². The fourth-order valence-electron chi connectivity index (χ4n) is 2.43. The highest BCUT2D eigenvalue weighted by Gasteiger charge is 2.25. The molecule has 1 aromatic carbocycles. The van der Waals surface area contributed by atoms with Crippen molar-refractivity contribution in [3.05, 3.63) is 51.6 Å². The Morgan fingerprint density at radius 3 is 2.76 bits per heavy atom. The van der Waals surface area contributed by atoms with Crippen LogP contribution >= 0.6 is 0 Å².